The third-order valence-electron chi connectivity index (χ3n) is 22.8. The van der Waals surface area contributed by atoms with Crippen molar-refractivity contribution in [1.82, 2.24) is 0 Å². The number of Topliss-reactive ketones (excluding diaryl/α,β-unsaturated/α-hetero) is 11. The minimum atomic E-state index is -2.20. The van der Waals surface area contributed by atoms with E-state index in [1.165, 1.54) is 41.5 Å². The number of halogens is 1. The Balaban J connectivity index is -0.000000724. The topological polar surface area (TPSA) is 298 Å². The molecule has 0 aliphatic rings. The van der Waals surface area contributed by atoms with E-state index in [0.717, 1.165) is 28.5 Å². The van der Waals surface area contributed by atoms with Crippen molar-refractivity contribution in [3.05, 3.63) is 144 Å². The molecular weight excluding hydrogens is 1620 g/mol. The molecule has 0 bridgehead atoms. The second-order valence-corrected chi connectivity index (χ2v) is 48.2. The molecule has 0 aromatic heterocycles. The van der Waals surface area contributed by atoms with Crippen molar-refractivity contribution >= 4 is 103 Å². The lowest BCUT2D eigenvalue weighted by molar-refractivity contribution is -0.146. The van der Waals surface area contributed by atoms with E-state index in [1.807, 2.05) is 170 Å². The number of carbonyl (C=O) groups is 13. The van der Waals surface area contributed by atoms with Gasteiger partial charge in [-0.3, -0.25) is 52.7 Å². The van der Waals surface area contributed by atoms with E-state index in [1.54, 1.807) is 83.1 Å². The number of aliphatic hydroxyl groups excluding tert-OH is 1. The molecule has 0 aliphatic heterocycles. The Hall–Kier alpha value is -6.97. The molecule has 20 nitrogen and oxygen atoms in total. The quantitative estimate of drug-likeness (QED) is 0.0186. The van der Waals surface area contributed by atoms with Gasteiger partial charge in [0.2, 0.25) is 5.24 Å². The van der Waals surface area contributed by atoms with Crippen LogP contribution in [0, 0.1) is 69.0 Å². The summed E-state index contributed by atoms with van der Waals surface area (Å²) in [5, 5.41) is 10.1. The van der Waals surface area contributed by atoms with Crippen LogP contribution in [-0.4, -0.2) is 142 Å². The number of ether oxygens (including phenoxy) is 4. The number of carbonyl (C=O) groups excluding carboxylic acids is 13. The zero-order chi connectivity index (χ0) is 97.5. The summed E-state index contributed by atoms with van der Waals surface area (Å²) in [6.07, 6.45) is 0.0249. The van der Waals surface area contributed by atoms with Gasteiger partial charge in [-0.25, -0.2) is 0 Å². The lowest BCUT2D eigenvalue weighted by Gasteiger charge is -2.43. The molecule has 4 aromatic carbocycles. The van der Waals surface area contributed by atoms with Crippen LogP contribution in [0.1, 0.15) is 263 Å². The average molecular weight is 1790 g/mol. The van der Waals surface area contributed by atoms with Crippen LogP contribution in [0.25, 0.3) is 0 Å². The van der Waals surface area contributed by atoms with E-state index in [2.05, 4.69) is 74.7 Å². The van der Waals surface area contributed by atoms with Gasteiger partial charge in [-0.15, -0.1) is 0 Å². The van der Waals surface area contributed by atoms with E-state index in [4.69, 9.17) is 39.4 Å². The Kier molecular flexibility index (Phi) is 59.6. The van der Waals surface area contributed by atoms with Crippen molar-refractivity contribution in [2.24, 2.45) is 69.0 Å². The number of aliphatic hydroxyl groups is 1. The van der Waals surface area contributed by atoms with Crippen molar-refractivity contribution < 1.29 is 95.2 Å². The molecule has 0 saturated carbocycles. The van der Waals surface area contributed by atoms with Gasteiger partial charge < -0.3 is 42.5 Å². The first kappa shape index (κ1) is 123. The van der Waals surface area contributed by atoms with Crippen LogP contribution in [0.15, 0.2) is 121 Å². The van der Waals surface area contributed by atoms with Gasteiger partial charge in [-0.2, -0.15) is 0 Å². The summed E-state index contributed by atoms with van der Waals surface area (Å²) < 4.78 is 36.5. The number of ketones is 11. The van der Waals surface area contributed by atoms with Gasteiger partial charge >= 0.3 is 0 Å². The predicted octanol–water partition coefficient (Wildman–Crippen LogP) is 21.7. The highest BCUT2D eigenvalue weighted by Crippen LogP contribution is 2.42. The summed E-state index contributed by atoms with van der Waals surface area (Å²) >= 11 is 4.82. The van der Waals surface area contributed by atoms with Crippen LogP contribution < -0.4 is 0 Å². The molecule has 0 unspecified atom stereocenters. The van der Waals surface area contributed by atoms with Gasteiger partial charge in [-0.05, 0) is 174 Å². The maximum atomic E-state index is 13.5. The predicted molar refractivity (Wildman–Crippen MR) is 506 cm³/mol. The molecule has 0 radical (unpaired) electrons. The minimum Gasteiger partial charge on any atom is -0.413 e. The van der Waals surface area contributed by atoms with Crippen molar-refractivity contribution in [1.29, 1.82) is 0 Å². The summed E-state index contributed by atoms with van der Waals surface area (Å²) in [6.45, 7) is 69.8. The standard InChI is InChI=1S/C27H44O5Si.C25H42O4Si.C19H28O4.C11H14O2.C8H14O2.C5H10O.C3H5ClO.C3H6O/c1-19(17-31-18-22-14-12-11-13-15-22)24(32-33(9,10)26(4,5)6)21(3)25(30)27(7,8)23(29)16-20(2)28;1-18(16-28-17-21-14-12-11-13-15-21)22(29-30(9,10)24(4,5)6)19(2)23(27)25(7,8)20(3)26;1-13(11-23-12-16-9-7-6-8-10-16)17(21)14(2)18(22)19(4,5)15(3)20;1-10(7-12)8-13-9-11-5-3-2-4-6-11;1-5-7(10)8(3,4)6(2)9;1-4(2)5(3)6;1-2-3(4)5;1-3(2)4/h11-15,19,21,24H,16-18H2,1-10H3;11-15,18-19,22H,16-17H2,1-10H3;6-10,13-14,17,21H,11-12H2,1-5H3;2-7,10H,8-9H2,1H3;5H2,1-4H3;4H,1-3H3;2H2,1H3;1-2H3/t19-,21+,24-;18-,19+,22-;13-,14+,17-;10-;;;;/m0001..../s1. The molecule has 10 atom stereocenters. The van der Waals surface area contributed by atoms with E-state index in [9.17, 15) is 67.4 Å². The zero-order valence-electron chi connectivity index (χ0n) is 82.8. The molecule has 1 N–H and O–H groups in total. The summed E-state index contributed by atoms with van der Waals surface area (Å²) in [4.78, 5) is 148. The molecule has 4 rings (SSSR count). The summed E-state index contributed by atoms with van der Waals surface area (Å²) in [7, 11) is -4.32. The Labute approximate surface area is 755 Å². The molecule has 0 amide bonds. The average Bonchev–Trinajstić information content (AvgIpc) is 0.802. The number of benzene rings is 4. The third-order valence-corrected chi connectivity index (χ3v) is 32.0. The molecular formula is C101H163ClO20Si2. The highest BCUT2D eigenvalue weighted by atomic mass is 35.5. The Morgan fingerprint density at radius 1 is 0.387 bits per heavy atom. The largest absolute Gasteiger partial charge is 0.413 e. The van der Waals surface area contributed by atoms with Gasteiger partial charge in [0.05, 0.1) is 99.2 Å². The van der Waals surface area contributed by atoms with Gasteiger partial charge in [0, 0.05) is 60.2 Å². The zero-order valence-corrected chi connectivity index (χ0v) is 85.6. The fourth-order valence-electron chi connectivity index (χ4n) is 10.8. The van der Waals surface area contributed by atoms with Crippen LogP contribution in [-0.2, 0) is 117 Å². The second-order valence-electron chi connectivity index (χ2n) is 38.3. The molecule has 23 heteroatoms. The van der Waals surface area contributed by atoms with E-state index >= 15 is 0 Å². The monoisotopic (exact) mass is 1790 g/mol. The minimum absolute atomic E-state index is 0.0105. The Bertz CT molecular complexity index is 3830. The van der Waals surface area contributed by atoms with Gasteiger partial charge in [0.15, 0.2) is 39.8 Å². The van der Waals surface area contributed by atoms with E-state index in [0.29, 0.717) is 65.7 Å². The second kappa shape index (κ2) is 60.0. The lowest BCUT2D eigenvalue weighted by Crippen LogP contribution is -2.51. The molecule has 0 saturated heterocycles. The summed E-state index contributed by atoms with van der Waals surface area (Å²) in [5.74, 6) is -2.51. The van der Waals surface area contributed by atoms with Crippen LogP contribution in [0.5, 0.6) is 0 Å². The third kappa shape index (κ3) is 48.8. The van der Waals surface area contributed by atoms with Gasteiger partial charge in [0.25, 0.3) is 0 Å². The molecule has 0 heterocycles. The van der Waals surface area contributed by atoms with E-state index in [-0.39, 0.29) is 121 Å². The molecule has 0 spiro atoms. The normalized spacial score (nSPS) is 14.1. The van der Waals surface area contributed by atoms with Crippen LogP contribution >= 0.6 is 11.6 Å². The highest BCUT2D eigenvalue weighted by Gasteiger charge is 2.49. The van der Waals surface area contributed by atoms with Crippen molar-refractivity contribution in [3.63, 3.8) is 0 Å². The Morgan fingerprint density at radius 3 is 0.855 bits per heavy atom. The van der Waals surface area contributed by atoms with Crippen LogP contribution in [0.4, 0.5) is 0 Å². The van der Waals surface area contributed by atoms with E-state index < -0.39 is 68.3 Å². The van der Waals surface area contributed by atoms with Gasteiger partial charge in [0.1, 0.15) is 46.8 Å². The van der Waals surface area contributed by atoms with Crippen molar-refractivity contribution in [3.8, 4) is 0 Å². The molecule has 0 aliphatic carbocycles. The first-order chi connectivity index (χ1) is 56.7. The van der Waals surface area contributed by atoms with Crippen LogP contribution in [0.2, 0.25) is 36.3 Å². The lowest BCUT2D eigenvalue weighted by atomic mass is 9.74. The first-order valence-corrected chi connectivity index (χ1v) is 49.7. The maximum Gasteiger partial charge on any atom is 0.221 e. The molecule has 0 fully saturated rings. The fourth-order valence-corrected chi connectivity index (χ4v) is 13.7. The van der Waals surface area contributed by atoms with Gasteiger partial charge in [-0.1, -0.05) is 239 Å². The van der Waals surface area contributed by atoms with Crippen LogP contribution in [0.3, 0.4) is 0 Å². The fraction of sp³-hybridized carbons (Fsp3) is 0.634. The van der Waals surface area contributed by atoms with Crippen molar-refractivity contribution in [2.75, 3.05) is 26.4 Å². The SMILES string of the molecule is CC(=O)C(C)(C)C(=O)[C@H](C)[C@@H](O)[C@@H](C)COCc1ccccc1.CC(=O)C(C)(C)C(=O)[C@H](C)[C@@H](O[Si](C)(C)C(C)(C)C)[C@@H](C)COCc1ccccc1.CC(=O)C(C)C.CC(=O)CC(=O)C(C)(C)C(=O)[C@H](C)[C@@H](O[Si](C)(C)C(C)(C)C)[C@@H](C)COCc1ccccc1.CC(C)=O.CCC(=O)C(C)(C)C(C)=O.CCC(=O)Cl.C[C@H](C=O)COCc1ccccc1. The number of hydrogen-bond donors (Lipinski definition) is 1. The summed E-state index contributed by atoms with van der Waals surface area (Å²) in [5.41, 5.74) is 0.320. The first-order valence-electron chi connectivity index (χ1n) is 43.5. The number of hydrogen-bond acceptors (Lipinski definition) is 20. The number of aldehydes is 1. The smallest absolute Gasteiger partial charge is 0.221 e. The number of rotatable bonds is 43. The van der Waals surface area contributed by atoms with Crippen molar-refractivity contribution in [2.45, 2.75) is 322 Å². The molecule has 4 aromatic rings. The molecule has 702 valence electrons. The molecule has 124 heavy (non-hydrogen) atoms. The Morgan fingerprint density at radius 2 is 0.637 bits per heavy atom. The maximum absolute atomic E-state index is 13.5. The highest BCUT2D eigenvalue weighted by molar-refractivity contribution is 6.74. The summed E-state index contributed by atoms with van der Waals surface area (Å²) in [6, 6.07) is 39.7.